The Morgan fingerprint density at radius 3 is 2.42 bits per heavy atom. The van der Waals surface area contributed by atoms with Crippen molar-refractivity contribution < 1.29 is 14.7 Å². The first-order valence-corrected chi connectivity index (χ1v) is 15.8. The number of Topliss-reactive ketones (excluding diaryl/α,β-unsaturated/α-hetero) is 1. The number of hydrogen-bond acceptors (Lipinski definition) is 5. The lowest BCUT2D eigenvalue weighted by molar-refractivity contribution is -0.203. The molecule has 5 aliphatic carbocycles. The lowest BCUT2D eigenvalue weighted by Gasteiger charge is -2.68. The molecule has 6 heteroatoms. The van der Waals surface area contributed by atoms with Crippen LogP contribution in [0.25, 0.3) is 0 Å². The third kappa shape index (κ3) is 3.76. The number of aliphatic hydroxyl groups excluding tert-OH is 1. The van der Waals surface area contributed by atoms with Crippen LogP contribution in [0.5, 0.6) is 0 Å². The van der Waals surface area contributed by atoms with Gasteiger partial charge < -0.3 is 5.11 Å². The number of aryl methyl sites for hydroxylation is 1. The molecule has 1 aromatic rings. The number of nitrogens with one attached hydrogen (secondary N) is 1. The van der Waals surface area contributed by atoms with Crippen LogP contribution in [0, 0.1) is 58.2 Å². The Balaban J connectivity index is 1.38. The lowest BCUT2D eigenvalue weighted by atomic mass is 9.36. The van der Waals surface area contributed by atoms with Crippen molar-refractivity contribution in [3.63, 3.8) is 0 Å². The average molecular weight is 548 g/mol. The van der Waals surface area contributed by atoms with Gasteiger partial charge in [-0.3, -0.25) is 14.9 Å². The minimum atomic E-state index is -0.786. The lowest BCUT2D eigenvalue weighted by Crippen LogP contribution is -2.62. The highest BCUT2D eigenvalue weighted by Crippen LogP contribution is 2.72. The minimum Gasteiger partial charge on any atom is -0.393 e. The molecule has 6 unspecified atom stereocenters. The normalized spacial score (nSPS) is 42.1. The van der Waals surface area contributed by atoms with E-state index < -0.39 is 5.41 Å². The molecule has 1 aromatic heterocycles. The van der Waals surface area contributed by atoms with E-state index in [1.165, 1.54) is 12.0 Å². The zero-order valence-electron chi connectivity index (χ0n) is 25.6. The van der Waals surface area contributed by atoms with E-state index in [0.29, 0.717) is 23.7 Å². The number of aromatic nitrogens is 2. The van der Waals surface area contributed by atoms with Crippen molar-refractivity contribution in [3.05, 3.63) is 29.1 Å². The summed E-state index contributed by atoms with van der Waals surface area (Å²) in [5, 5.41) is 14.0. The number of carbonyl (C=O) groups is 2. The number of fused-ring (bicyclic) bond motifs is 7. The number of allylic oxidation sites excluding steroid dienone is 1. The van der Waals surface area contributed by atoms with Crippen molar-refractivity contribution in [2.45, 2.75) is 112 Å². The van der Waals surface area contributed by atoms with Crippen molar-refractivity contribution in [2.24, 2.45) is 51.2 Å². The SMILES string of the molecule is Cc1ccnc(NC(=O)[C@@]23CCC4C(CCC5C4(C)CCC4C5(C)CC[C@H](O)C4(C)C)C2=C(C(C)C)C(=O)C3)n1. The van der Waals surface area contributed by atoms with Crippen LogP contribution in [-0.2, 0) is 9.59 Å². The number of aliphatic hydroxyl groups is 1. The molecule has 0 aromatic carbocycles. The predicted octanol–water partition coefficient (Wildman–Crippen LogP) is 6.68. The second-order valence-corrected chi connectivity index (χ2v) is 15.5. The van der Waals surface area contributed by atoms with Crippen LogP contribution in [0.1, 0.15) is 105 Å². The Hall–Kier alpha value is -2.08. The molecule has 218 valence electrons. The van der Waals surface area contributed by atoms with E-state index >= 15 is 0 Å². The molecule has 4 fully saturated rings. The van der Waals surface area contributed by atoms with E-state index in [1.54, 1.807) is 6.20 Å². The summed E-state index contributed by atoms with van der Waals surface area (Å²) in [7, 11) is 0. The maximum absolute atomic E-state index is 14.2. The Kier molecular flexibility index (Phi) is 6.46. The van der Waals surface area contributed by atoms with E-state index in [2.05, 4.69) is 56.8 Å². The summed E-state index contributed by atoms with van der Waals surface area (Å²) < 4.78 is 0. The number of rotatable bonds is 3. The third-order valence-electron chi connectivity index (χ3n) is 13.0. The van der Waals surface area contributed by atoms with Crippen LogP contribution < -0.4 is 5.32 Å². The molecule has 0 spiro atoms. The molecule has 6 nitrogen and oxygen atoms in total. The largest absolute Gasteiger partial charge is 0.393 e. The highest BCUT2D eigenvalue weighted by molar-refractivity contribution is 6.09. The molecule has 8 atom stereocenters. The first-order valence-electron chi connectivity index (χ1n) is 15.8. The third-order valence-corrected chi connectivity index (χ3v) is 13.0. The quantitative estimate of drug-likeness (QED) is 0.441. The van der Waals surface area contributed by atoms with Gasteiger partial charge in [0.1, 0.15) is 0 Å². The summed E-state index contributed by atoms with van der Waals surface area (Å²) in [5.74, 6) is 2.38. The van der Waals surface area contributed by atoms with Gasteiger partial charge in [0.15, 0.2) is 5.78 Å². The average Bonchev–Trinajstić information content (AvgIpc) is 3.20. The summed E-state index contributed by atoms with van der Waals surface area (Å²) in [5.41, 5.74) is 2.45. The topological polar surface area (TPSA) is 92.2 Å². The maximum atomic E-state index is 14.2. The number of amides is 1. The fourth-order valence-electron chi connectivity index (χ4n) is 11.3. The van der Waals surface area contributed by atoms with Gasteiger partial charge >= 0.3 is 0 Å². The molecular formula is C34H49N3O3. The van der Waals surface area contributed by atoms with Crippen LogP contribution in [0.2, 0.25) is 0 Å². The Labute approximate surface area is 240 Å². The molecule has 0 radical (unpaired) electrons. The minimum absolute atomic E-state index is 0.0614. The van der Waals surface area contributed by atoms with E-state index in [1.807, 2.05) is 13.0 Å². The number of hydrogen-bond donors (Lipinski definition) is 2. The highest BCUT2D eigenvalue weighted by atomic mass is 16.3. The van der Waals surface area contributed by atoms with Crippen molar-refractivity contribution in [1.82, 2.24) is 9.97 Å². The van der Waals surface area contributed by atoms with E-state index in [0.717, 1.165) is 56.2 Å². The fourth-order valence-corrected chi connectivity index (χ4v) is 11.3. The summed E-state index contributed by atoms with van der Waals surface area (Å²) in [6.07, 6.45) is 9.93. The summed E-state index contributed by atoms with van der Waals surface area (Å²) >= 11 is 0. The van der Waals surface area contributed by atoms with E-state index in [4.69, 9.17) is 0 Å². The van der Waals surface area contributed by atoms with Crippen molar-refractivity contribution >= 4 is 17.6 Å². The number of nitrogens with zero attached hydrogens (tertiary/aromatic N) is 2. The Morgan fingerprint density at radius 2 is 1.73 bits per heavy atom. The molecule has 2 N–H and O–H groups in total. The molecule has 1 heterocycles. The van der Waals surface area contributed by atoms with Crippen LogP contribution >= 0.6 is 0 Å². The standard InChI is InChI=1S/C34H49N3O3/c1-19(2)27-23(38)18-34(29(40)37-30-35-17-13-20(3)36-30)16-10-22-21(28(27)34)8-9-25-32(22,6)14-11-24-31(4,5)26(39)12-15-33(24,25)7/h13,17,19,21-22,24-26,39H,8-12,14-16,18H2,1-7H3,(H,35,36,37,40)/t21?,22?,24?,25?,26-,32?,33?,34+/m0/s1. The molecular weight excluding hydrogens is 498 g/mol. The molecule has 4 saturated carbocycles. The molecule has 0 saturated heterocycles. The van der Waals surface area contributed by atoms with Crippen LogP contribution in [0.4, 0.5) is 5.95 Å². The first-order chi connectivity index (χ1) is 18.8. The first kappa shape index (κ1) is 28.1. The summed E-state index contributed by atoms with van der Waals surface area (Å²) in [6.45, 7) is 15.8. The Bertz CT molecular complexity index is 1270. The number of ketones is 1. The maximum Gasteiger partial charge on any atom is 0.237 e. The second kappa shape index (κ2) is 9.21. The highest BCUT2D eigenvalue weighted by Gasteiger charge is 2.67. The van der Waals surface area contributed by atoms with Gasteiger partial charge in [-0.15, -0.1) is 0 Å². The summed E-state index contributed by atoms with van der Waals surface area (Å²) in [4.78, 5) is 36.6. The van der Waals surface area contributed by atoms with Crippen LogP contribution in [0.3, 0.4) is 0 Å². The molecule has 0 bridgehead atoms. The van der Waals surface area contributed by atoms with Gasteiger partial charge in [-0.1, -0.05) is 41.5 Å². The van der Waals surface area contributed by atoms with E-state index in [9.17, 15) is 14.7 Å². The van der Waals surface area contributed by atoms with Gasteiger partial charge in [0.2, 0.25) is 11.9 Å². The Morgan fingerprint density at radius 1 is 1.00 bits per heavy atom. The molecule has 0 aliphatic heterocycles. The van der Waals surface area contributed by atoms with Gasteiger partial charge in [0.25, 0.3) is 0 Å². The van der Waals surface area contributed by atoms with E-state index in [-0.39, 0.29) is 52.3 Å². The van der Waals surface area contributed by atoms with Gasteiger partial charge in [-0.05, 0) is 121 Å². The molecule has 6 rings (SSSR count). The second-order valence-electron chi connectivity index (χ2n) is 15.5. The molecule has 1 amide bonds. The smallest absolute Gasteiger partial charge is 0.237 e. The van der Waals surface area contributed by atoms with Gasteiger partial charge in [0.05, 0.1) is 11.5 Å². The van der Waals surface area contributed by atoms with Crippen molar-refractivity contribution in [3.8, 4) is 0 Å². The summed E-state index contributed by atoms with van der Waals surface area (Å²) in [6, 6.07) is 1.82. The van der Waals surface area contributed by atoms with Crippen LogP contribution in [0.15, 0.2) is 23.4 Å². The van der Waals surface area contributed by atoms with Gasteiger partial charge in [-0.2, -0.15) is 0 Å². The van der Waals surface area contributed by atoms with Gasteiger partial charge in [-0.25, -0.2) is 9.97 Å². The van der Waals surface area contributed by atoms with Gasteiger partial charge in [0, 0.05) is 18.3 Å². The zero-order chi connectivity index (χ0) is 28.8. The van der Waals surface area contributed by atoms with Crippen molar-refractivity contribution in [2.75, 3.05) is 5.32 Å². The van der Waals surface area contributed by atoms with Crippen molar-refractivity contribution in [1.29, 1.82) is 0 Å². The number of anilines is 1. The van der Waals surface area contributed by atoms with Crippen LogP contribution in [-0.4, -0.2) is 32.9 Å². The zero-order valence-corrected chi connectivity index (χ0v) is 25.6. The monoisotopic (exact) mass is 547 g/mol. The predicted molar refractivity (Wildman–Crippen MR) is 156 cm³/mol. The molecule has 5 aliphatic rings. The fraction of sp³-hybridized carbons (Fsp3) is 0.765. The molecule has 40 heavy (non-hydrogen) atoms. The number of carbonyl (C=O) groups excluding carboxylic acids is 2.